The molecule has 2 aromatic carbocycles. The van der Waals surface area contributed by atoms with Crippen molar-refractivity contribution < 1.29 is 4.42 Å². The Morgan fingerprint density at radius 2 is 1.71 bits per heavy atom. The third-order valence-electron chi connectivity index (χ3n) is 3.74. The van der Waals surface area contributed by atoms with Crippen molar-refractivity contribution in [3.05, 3.63) is 59.3 Å². The zero-order chi connectivity index (χ0) is 15.0. The number of nitrogens with two attached hydrogens (primary N) is 1. The van der Waals surface area contributed by atoms with E-state index < -0.39 is 0 Å². The van der Waals surface area contributed by atoms with Crippen molar-refractivity contribution in [2.75, 3.05) is 0 Å². The molecule has 0 saturated carbocycles. The van der Waals surface area contributed by atoms with Crippen molar-refractivity contribution in [2.24, 2.45) is 11.7 Å². The standard InChI is InChI=1S/C18H18ClNO/c1-11(2)17(20)16-10-14-8-13(9-15(19)18(14)21-16)12-6-4-3-5-7-12/h3-11,17H,20H2,1-2H3. The van der Waals surface area contributed by atoms with E-state index in [1.54, 1.807) is 0 Å². The van der Waals surface area contributed by atoms with Crippen molar-refractivity contribution in [1.29, 1.82) is 0 Å². The number of halogens is 1. The molecule has 2 N–H and O–H groups in total. The van der Waals surface area contributed by atoms with Gasteiger partial charge in [-0.2, -0.15) is 0 Å². The molecular weight excluding hydrogens is 282 g/mol. The second-order valence-electron chi connectivity index (χ2n) is 5.66. The monoisotopic (exact) mass is 299 g/mol. The van der Waals surface area contributed by atoms with Crippen LogP contribution in [0.15, 0.2) is 52.9 Å². The number of hydrogen-bond acceptors (Lipinski definition) is 2. The Kier molecular flexibility index (Phi) is 3.75. The fourth-order valence-electron chi connectivity index (χ4n) is 2.42. The van der Waals surface area contributed by atoms with Crippen LogP contribution >= 0.6 is 11.6 Å². The van der Waals surface area contributed by atoms with Crippen molar-refractivity contribution in [1.82, 2.24) is 0 Å². The van der Waals surface area contributed by atoms with Gasteiger partial charge in [0, 0.05) is 5.39 Å². The average Bonchev–Trinajstić information content (AvgIpc) is 2.91. The summed E-state index contributed by atoms with van der Waals surface area (Å²) in [4.78, 5) is 0. The van der Waals surface area contributed by atoms with Crippen molar-refractivity contribution in [3.63, 3.8) is 0 Å². The summed E-state index contributed by atoms with van der Waals surface area (Å²) < 4.78 is 5.86. The lowest BCUT2D eigenvalue weighted by Gasteiger charge is -2.11. The highest BCUT2D eigenvalue weighted by Crippen LogP contribution is 2.35. The highest BCUT2D eigenvalue weighted by molar-refractivity contribution is 6.35. The Morgan fingerprint density at radius 1 is 1.00 bits per heavy atom. The smallest absolute Gasteiger partial charge is 0.152 e. The van der Waals surface area contributed by atoms with Gasteiger partial charge < -0.3 is 10.2 Å². The number of rotatable bonds is 3. The van der Waals surface area contributed by atoms with Crippen LogP contribution in [0.2, 0.25) is 5.02 Å². The topological polar surface area (TPSA) is 39.2 Å². The molecule has 21 heavy (non-hydrogen) atoms. The van der Waals surface area contributed by atoms with E-state index >= 15 is 0 Å². The van der Waals surface area contributed by atoms with Crippen LogP contribution in [-0.2, 0) is 0 Å². The number of furan rings is 1. The highest BCUT2D eigenvalue weighted by atomic mass is 35.5. The molecule has 2 nitrogen and oxygen atoms in total. The van der Waals surface area contributed by atoms with E-state index in [-0.39, 0.29) is 6.04 Å². The quantitative estimate of drug-likeness (QED) is 0.702. The first-order chi connectivity index (χ1) is 10.1. The Hall–Kier alpha value is -1.77. The zero-order valence-electron chi connectivity index (χ0n) is 12.1. The fraction of sp³-hybridized carbons (Fsp3) is 0.222. The molecule has 3 aromatic rings. The molecule has 0 saturated heterocycles. The van der Waals surface area contributed by atoms with Gasteiger partial charge in [0.2, 0.25) is 0 Å². The molecule has 0 fully saturated rings. The third-order valence-corrected chi connectivity index (χ3v) is 4.02. The minimum Gasteiger partial charge on any atom is -0.458 e. The SMILES string of the molecule is CC(C)C(N)c1cc2cc(-c3ccccc3)cc(Cl)c2o1. The van der Waals surface area contributed by atoms with Crippen LogP contribution in [0.3, 0.4) is 0 Å². The van der Waals surface area contributed by atoms with Gasteiger partial charge in [0.05, 0.1) is 11.1 Å². The third kappa shape index (κ3) is 2.69. The number of hydrogen-bond donors (Lipinski definition) is 1. The lowest BCUT2D eigenvalue weighted by molar-refractivity contribution is 0.418. The Balaban J connectivity index is 2.12. The number of benzene rings is 2. The lowest BCUT2D eigenvalue weighted by atomic mass is 10.0. The van der Waals surface area contributed by atoms with Crippen LogP contribution in [0.25, 0.3) is 22.1 Å². The molecule has 0 bridgehead atoms. The maximum Gasteiger partial charge on any atom is 0.152 e. The predicted octanol–water partition coefficient (Wildman–Crippen LogP) is 5.41. The maximum atomic E-state index is 6.38. The molecule has 1 unspecified atom stereocenters. The fourth-order valence-corrected chi connectivity index (χ4v) is 2.69. The van der Waals surface area contributed by atoms with Crippen molar-refractivity contribution in [2.45, 2.75) is 19.9 Å². The molecular formula is C18H18ClNO. The normalized spacial score (nSPS) is 13.0. The molecule has 1 heterocycles. The molecule has 0 aliphatic rings. The Bertz CT molecular complexity index is 761. The van der Waals surface area contributed by atoms with Crippen LogP contribution < -0.4 is 5.73 Å². The van der Waals surface area contributed by atoms with Gasteiger partial charge in [-0.3, -0.25) is 0 Å². The van der Waals surface area contributed by atoms with Gasteiger partial charge in [0.25, 0.3) is 0 Å². The summed E-state index contributed by atoms with van der Waals surface area (Å²) in [5, 5.41) is 1.61. The van der Waals surface area contributed by atoms with E-state index in [4.69, 9.17) is 21.8 Å². The van der Waals surface area contributed by atoms with E-state index in [1.165, 1.54) is 0 Å². The molecule has 0 amide bonds. The van der Waals surface area contributed by atoms with Gasteiger partial charge in [0.1, 0.15) is 5.76 Å². The Labute approximate surface area is 129 Å². The van der Waals surface area contributed by atoms with Gasteiger partial charge in [-0.25, -0.2) is 0 Å². The van der Waals surface area contributed by atoms with Gasteiger partial charge in [-0.15, -0.1) is 0 Å². The van der Waals surface area contributed by atoms with E-state index in [9.17, 15) is 0 Å². The second kappa shape index (κ2) is 5.55. The molecule has 3 rings (SSSR count). The van der Waals surface area contributed by atoms with Crippen LogP contribution in [0, 0.1) is 5.92 Å². The van der Waals surface area contributed by atoms with E-state index in [0.717, 1.165) is 22.3 Å². The van der Waals surface area contributed by atoms with E-state index in [2.05, 4.69) is 32.0 Å². The molecule has 108 valence electrons. The molecule has 1 atom stereocenters. The first-order valence-corrected chi connectivity index (χ1v) is 7.48. The molecule has 0 aliphatic carbocycles. The zero-order valence-corrected chi connectivity index (χ0v) is 12.9. The largest absolute Gasteiger partial charge is 0.458 e. The van der Waals surface area contributed by atoms with Crippen LogP contribution in [-0.4, -0.2) is 0 Å². The molecule has 1 aromatic heterocycles. The first kappa shape index (κ1) is 14.2. The van der Waals surface area contributed by atoms with Gasteiger partial charge >= 0.3 is 0 Å². The summed E-state index contributed by atoms with van der Waals surface area (Å²) in [6, 6.07) is 16.1. The summed E-state index contributed by atoms with van der Waals surface area (Å²) >= 11 is 6.38. The van der Waals surface area contributed by atoms with Crippen LogP contribution in [0.4, 0.5) is 0 Å². The summed E-state index contributed by atoms with van der Waals surface area (Å²) in [5.41, 5.74) is 9.09. The van der Waals surface area contributed by atoms with E-state index in [1.807, 2.05) is 30.3 Å². The summed E-state index contributed by atoms with van der Waals surface area (Å²) in [6.07, 6.45) is 0. The van der Waals surface area contributed by atoms with Crippen molar-refractivity contribution >= 4 is 22.6 Å². The lowest BCUT2D eigenvalue weighted by Crippen LogP contribution is -2.15. The predicted molar refractivity (Wildman–Crippen MR) is 88.4 cm³/mol. The molecule has 0 spiro atoms. The Morgan fingerprint density at radius 3 is 2.38 bits per heavy atom. The summed E-state index contributed by atoms with van der Waals surface area (Å²) in [7, 11) is 0. The molecule has 0 aliphatic heterocycles. The summed E-state index contributed by atoms with van der Waals surface area (Å²) in [5.74, 6) is 1.10. The van der Waals surface area contributed by atoms with Crippen LogP contribution in [0.1, 0.15) is 25.6 Å². The van der Waals surface area contributed by atoms with Crippen LogP contribution in [0.5, 0.6) is 0 Å². The van der Waals surface area contributed by atoms with E-state index in [0.29, 0.717) is 16.5 Å². The maximum absolute atomic E-state index is 6.38. The van der Waals surface area contributed by atoms with Gasteiger partial charge in [-0.05, 0) is 35.2 Å². The van der Waals surface area contributed by atoms with Crippen molar-refractivity contribution in [3.8, 4) is 11.1 Å². The minimum absolute atomic E-state index is 0.117. The van der Waals surface area contributed by atoms with Gasteiger partial charge in [-0.1, -0.05) is 55.8 Å². The first-order valence-electron chi connectivity index (χ1n) is 7.10. The average molecular weight is 300 g/mol. The second-order valence-corrected chi connectivity index (χ2v) is 6.07. The molecule has 0 radical (unpaired) electrons. The highest BCUT2D eigenvalue weighted by Gasteiger charge is 2.17. The molecule has 3 heteroatoms. The number of fused-ring (bicyclic) bond motifs is 1. The minimum atomic E-state index is -0.117. The van der Waals surface area contributed by atoms with Gasteiger partial charge in [0.15, 0.2) is 5.58 Å². The summed E-state index contributed by atoms with van der Waals surface area (Å²) in [6.45, 7) is 4.16.